The summed E-state index contributed by atoms with van der Waals surface area (Å²) in [6.45, 7) is 8.93. The number of nitrogens with zero attached hydrogens (tertiary/aromatic N) is 1. The molecule has 0 N–H and O–H groups in total. The summed E-state index contributed by atoms with van der Waals surface area (Å²) in [5, 5.41) is 1.92. The normalized spacial score (nSPS) is 10.8. The zero-order valence-electron chi connectivity index (χ0n) is 12.3. The minimum absolute atomic E-state index is 0.0956. The summed E-state index contributed by atoms with van der Waals surface area (Å²) in [7, 11) is 0. The van der Waals surface area contributed by atoms with Crippen LogP contribution in [-0.4, -0.2) is 17.1 Å². The van der Waals surface area contributed by atoms with Crippen molar-refractivity contribution in [1.82, 2.24) is 4.57 Å². The third kappa shape index (κ3) is 2.22. The van der Waals surface area contributed by atoms with Crippen LogP contribution in [0.25, 0.3) is 10.8 Å². The topological polar surface area (TPSA) is 48.3 Å². The quantitative estimate of drug-likeness (QED) is 0.808. The van der Waals surface area contributed by atoms with Gasteiger partial charge in [-0.25, -0.2) is 4.79 Å². The lowest BCUT2D eigenvalue weighted by atomic mass is 10.2. The number of aryl methyl sites for hydroxylation is 2. The van der Waals surface area contributed by atoms with Gasteiger partial charge in [0.2, 0.25) is 0 Å². The Balaban J connectivity index is 2.81. The molecule has 2 rings (SSSR count). The van der Waals surface area contributed by atoms with Gasteiger partial charge in [0, 0.05) is 28.7 Å². The summed E-state index contributed by atoms with van der Waals surface area (Å²) >= 11 is 0. The van der Waals surface area contributed by atoms with Gasteiger partial charge in [0.15, 0.2) is 5.43 Å². The van der Waals surface area contributed by atoms with Gasteiger partial charge in [0.25, 0.3) is 0 Å². The number of aromatic nitrogens is 1. The van der Waals surface area contributed by atoms with Gasteiger partial charge in [-0.15, -0.1) is 0 Å². The fraction of sp³-hybridized carbons (Fsp3) is 0.375. The van der Waals surface area contributed by atoms with Gasteiger partial charge in [-0.2, -0.15) is 0 Å². The summed E-state index contributed by atoms with van der Waals surface area (Å²) in [6.07, 6.45) is 0. The highest BCUT2D eigenvalue weighted by atomic mass is 16.5. The van der Waals surface area contributed by atoms with E-state index in [4.69, 9.17) is 4.74 Å². The van der Waals surface area contributed by atoms with E-state index >= 15 is 0 Å². The summed E-state index contributed by atoms with van der Waals surface area (Å²) in [4.78, 5) is 23.9. The van der Waals surface area contributed by atoms with Gasteiger partial charge in [-0.3, -0.25) is 4.79 Å². The Morgan fingerprint density at radius 2 is 1.80 bits per heavy atom. The predicted molar refractivity (Wildman–Crippen MR) is 79.3 cm³/mol. The Morgan fingerprint density at radius 1 is 1.15 bits per heavy atom. The molecule has 0 radical (unpaired) electrons. The van der Waals surface area contributed by atoms with Crippen molar-refractivity contribution in [1.29, 1.82) is 0 Å². The molecule has 20 heavy (non-hydrogen) atoms. The lowest BCUT2D eigenvalue weighted by Gasteiger charge is -2.04. The van der Waals surface area contributed by atoms with Gasteiger partial charge in [0.1, 0.15) is 5.56 Å². The molecule has 1 aromatic heterocycles. The predicted octanol–water partition coefficient (Wildman–Crippen LogP) is 2.81. The number of carbonyl (C=O) groups excluding carboxylic acids is 1. The second kappa shape index (κ2) is 5.49. The van der Waals surface area contributed by atoms with Crippen LogP contribution in [0.15, 0.2) is 23.0 Å². The van der Waals surface area contributed by atoms with Crippen molar-refractivity contribution >= 4 is 16.7 Å². The van der Waals surface area contributed by atoms with Crippen molar-refractivity contribution < 1.29 is 9.53 Å². The molecule has 1 aromatic carbocycles. The molecule has 0 aliphatic rings. The summed E-state index contributed by atoms with van der Waals surface area (Å²) < 4.78 is 7.13. The standard InChI is InChI=1S/C16H19NO3/c1-5-17-10(3)12-7-8-15(18)14(16(19)20-6-2)9-13(12)11(17)4/h7-9H,5-6H2,1-4H3. The lowest BCUT2D eigenvalue weighted by molar-refractivity contribution is 0.0525. The maximum atomic E-state index is 12.0. The molecule has 4 nitrogen and oxygen atoms in total. The molecule has 0 unspecified atom stereocenters. The number of ether oxygens (including phenoxy) is 1. The zero-order valence-corrected chi connectivity index (χ0v) is 12.3. The average Bonchev–Trinajstić information content (AvgIpc) is 2.55. The van der Waals surface area contributed by atoms with Crippen molar-refractivity contribution in [2.45, 2.75) is 34.2 Å². The van der Waals surface area contributed by atoms with E-state index in [1.807, 2.05) is 13.8 Å². The van der Waals surface area contributed by atoms with E-state index in [0.29, 0.717) is 0 Å². The van der Waals surface area contributed by atoms with E-state index in [1.165, 1.54) is 6.07 Å². The van der Waals surface area contributed by atoms with Crippen LogP contribution in [0.4, 0.5) is 0 Å². The number of hydrogen-bond donors (Lipinski definition) is 0. The first-order chi connectivity index (χ1) is 9.51. The van der Waals surface area contributed by atoms with Crippen LogP contribution in [0, 0.1) is 13.8 Å². The Labute approximate surface area is 118 Å². The third-order valence-electron chi connectivity index (χ3n) is 3.65. The van der Waals surface area contributed by atoms with Crippen LogP contribution < -0.4 is 5.43 Å². The van der Waals surface area contributed by atoms with Crippen LogP contribution in [0.2, 0.25) is 0 Å². The first-order valence-electron chi connectivity index (χ1n) is 6.82. The Bertz CT molecular complexity index is 729. The van der Waals surface area contributed by atoms with E-state index in [1.54, 1.807) is 19.1 Å². The van der Waals surface area contributed by atoms with E-state index in [0.717, 1.165) is 28.7 Å². The number of carbonyl (C=O) groups is 1. The van der Waals surface area contributed by atoms with Crippen LogP contribution in [0.5, 0.6) is 0 Å². The average molecular weight is 273 g/mol. The third-order valence-corrected chi connectivity index (χ3v) is 3.65. The largest absolute Gasteiger partial charge is 0.462 e. The lowest BCUT2D eigenvalue weighted by Crippen LogP contribution is -2.14. The minimum Gasteiger partial charge on any atom is -0.462 e. The molecule has 2 aromatic rings. The van der Waals surface area contributed by atoms with Gasteiger partial charge in [-0.05, 0) is 45.9 Å². The second-order valence-electron chi connectivity index (χ2n) is 4.72. The van der Waals surface area contributed by atoms with Gasteiger partial charge >= 0.3 is 5.97 Å². The summed E-state index contributed by atoms with van der Waals surface area (Å²) in [5.41, 5.74) is 1.95. The van der Waals surface area contributed by atoms with Crippen molar-refractivity contribution in [3.63, 3.8) is 0 Å². The van der Waals surface area contributed by atoms with E-state index in [9.17, 15) is 9.59 Å². The van der Waals surface area contributed by atoms with Crippen LogP contribution in [0.1, 0.15) is 35.6 Å². The van der Waals surface area contributed by atoms with Crippen LogP contribution in [0.3, 0.4) is 0 Å². The van der Waals surface area contributed by atoms with E-state index < -0.39 is 5.97 Å². The fourth-order valence-electron chi connectivity index (χ4n) is 2.63. The fourth-order valence-corrected chi connectivity index (χ4v) is 2.63. The zero-order chi connectivity index (χ0) is 14.9. The van der Waals surface area contributed by atoms with Crippen LogP contribution in [-0.2, 0) is 11.3 Å². The first kappa shape index (κ1) is 14.3. The maximum absolute atomic E-state index is 12.0. The smallest absolute Gasteiger partial charge is 0.342 e. The molecule has 0 fully saturated rings. The van der Waals surface area contributed by atoms with Gasteiger partial charge in [-0.1, -0.05) is 0 Å². The number of esters is 1. The number of hydrogen-bond acceptors (Lipinski definition) is 3. The molecule has 0 aliphatic carbocycles. The molecule has 0 bridgehead atoms. The Kier molecular flexibility index (Phi) is 3.93. The highest BCUT2D eigenvalue weighted by Crippen LogP contribution is 2.24. The van der Waals surface area contributed by atoms with Crippen molar-refractivity contribution in [2.75, 3.05) is 6.61 Å². The minimum atomic E-state index is -0.559. The Morgan fingerprint density at radius 3 is 2.40 bits per heavy atom. The highest BCUT2D eigenvalue weighted by molar-refractivity contribution is 5.96. The molecule has 0 amide bonds. The SMILES string of the molecule is CCOC(=O)c1cc2c(C)n(CC)c(C)c2ccc1=O. The van der Waals surface area contributed by atoms with E-state index in [-0.39, 0.29) is 17.6 Å². The Hall–Kier alpha value is -2.10. The number of fused-ring (bicyclic) bond motifs is 1. The maximum Gasteiger partial charge on any atom is 0.342 e. The highest BCUT2D eigenvalue weighted by Gasteiger charge is 2.14. The van der Waals surface area contributed by atoms with Gasteiger partial charge < -0.3 is 9.30 Å². The van der Waals surface area contributed by atoms with E-state index in [2.05, 4.69) is 11.5 Å². The molecule has 4 heteroatoms. The first-order valence-corrected chi connectivity index (χ1v) is 6.82. The monoisotopic (exact) mass is 273 g/mol. The molecular formula is C16H19NO3. The second-order valence-corrected chi connectivity index (χ2v) is 4.72. The van der Waals surface area contributed by atoms with Gasteiger partial charge in [0.05, 0.1) is 6.61 Å². The van der Waals surface area contributed by atoms with Crippen molar-refractivity contribution in [3.05, 3.63) is 45.4 Å². The molecule has 0 spiro atoms. The van der Waals surface area contributed by atoms with Crippen LogP contribution >= 0.6 is 0 Å². The molecule has 0 saturated carbocycles. The molecule has 1 heterocycles. The molecule has 0 atom stereocenters. The van der Waals surface area contributed by atoms with Crippen molar-refractivity contribution in [3.8, 4) is 0 Å². The molecule has 0 saturated heterocycles. The summed E-state index contributed by atoms with van der Waals surface area (Å²) in [5.74, 6) is -0.559. The van der Waals surface area contributed by atoms with Crippen molar-refractivity contribution in [2.24, 2.45) is 0 Å². The number of rotatable bonds is 3. The summed E-state index contributed by atoms with van der Waals surface area (Å²) in [6, 6.07) is 4.89. The molecule has 106 valence electrons. The molecule has 0 aliphatic heterocycles. The molecular weight excluding hydrogens is 254 g/mol.